The summed E-state index contributed by atoms with van der Waals surface area (Å²) in [5.41, 5.74) is -0.579. The molecule has 0 aliphatic carbocycles. The number of hydrogen-bond acceptors (Lipinski definition) is 4. The number of aliphatic hydroxyl groups is 1. The second-order valence-corrected chi connectivity index (χ2v) is 5.25. The third kappa shape index (κ3) is 2.92. The lowest BCUT2D eigenvalue weighted by molar-refractivity contribution is -0.137. The Morgan fingerprint density at radius 3 is 2.67 bits per heavy atom. The molecule has 1 heterocycles. The number of benzene rings is 1. The van der Waals surface area contributed by atoms with Gasteiger partial charge in [0.05, 0.1) is 28.3 Å². The molecule has 0 atom stereocenters. The molecule has 112 valence electrons. The van der Waals surface area contributed by atoms with Crippen LogP contribution in [-0.2, 0) is 9.59 Å². The van der Waals surface area contributed by atoms with Crippen LogP contribution in [0.15, 0.2) is 22.3 Å². The van der Waals surface area contributed by atoms with E-state index in [-0.39, 0.29) is 22.4 Å². The quantitative estimate of drug-likeness (QED) is 0.476. The summed E-state index contributed by atoms with van der Waals surface area (Å²) < 4.78 is 27.1. The first-order valence-electron chi connectivity index (χ1n) is 5.65. The van der Waals surface area contributed by atoms with Crippen LogP contribution in [0.1, 0.15) is 0 Å². The topological polar surface area (TPSA) is 69.6 Å². The number of nitrogens with one attached hydrogen (secondary N) is 1. The van der Waals surface area contributed by atoms with E-state index in [1.54, 1.807) is 0 Å². The number of carbonyl (C=O) groups is 2. The van der Waals surface area contributed by atoms with Gasteiger partial charge in [-0.1, -0.05) is 11.6 Å². The van der Waals surface area contributed by atoms with Gasteiger partial charge in [0.1, 0.15) is 11.5 Å². The van der Waals surface area contributed by atoms with E-state index in [1.165, 1.54) is 0 Å². The molecule has 5 nitrogen and oxygen atoms in total. The number of aliphatic hydroxyl groups excluding tert-OH is 1. The summed E-state index contributed by atoms with van der Waals surface area (Å²) >= 11 is 8.31. The molecule has 9 heteroatoms. The molecule has 0 aromatic heterocycles. The van der Waals surface area contributed by atoms with Gasteiger partial charge in [-0.3, -0.25) is 14.5 Å². The van der Waals surface area contributed by atoms with Gasteiger partial charge in [-0.2, -0.15) is 0 Å². The van der Waals surface area contributed by atoms with Crippen molar-refractivity contribution in [2.24, 2.45) is 0 Å². The summed E-state index contributed by atoms with van der Waals surface area (Å²) in [5.74, 6) is -3.18. The molecule has 1 aliphatic heterocycles. The molecule has 2 rings (SSSR count). The number of carbonyl (C=O) groups excluding carboxylic acids is 2. The second kappa shape index (κ2) is 6.08. The van der Waals surface area contributed by atoms with E-state index in [2.05, 4.69) is 21.2 Å². The van der Waals surface area contributed by atoms with Crippen molar-refractivity contribution in [2.75, 3.05) is 18.5 Å². The number of anilines is 1. The van der Waals surface area contributed by atoms with Crippen molar-refractivity contribution in [2.45, 2.75) is 0 Å². The maximum absolute atomic E-state index is 13.8. The van der Waals surface area contributed by atoms with E-state index < -0.39 is 35.1 Å². The Bertz CT molecular complexity index is 666. The number of rotatable bonds is 4. The van der Waals surface area contributed by atoms with E-state index in [4.69, 9.17) is 16.7 Å². The molecule has 1 aliphatic rings. The van der Waals surface area contributed by atoms with Crippen molar-refractivity contribution in [3.8, 4) is 0 Å². The van der Waals surface area contributed by atoms with Gasteiger partial charge in [-0.15, -0.1) is 0 Å². The zero-order chi connectivity index (χ0) is 15.7. The maximum atomic E-state index is 13.8. The van der Waals surface area contributed by atoms with E-state index in [9.17, 15) is 18.4 Å². The van der Waals surface area contributed by atoms with Crippen LogP contribution in [-0.4, -0.2) is 35.0 Å². The highest BCUT2D eigenvalue weighted by molar-refractivity contribution is 9.10. The van der Waals surface area contributed by atoms with E-state index in [0.717, 1.165) is 17.0 Å². The van der Waals surface area contributed by atoms with E-state index in [1.807, 2.05) is 0 Å². The predicted molar refractivity (Wildman–Crippen MR) is 74.6 cm³/mol. The molecule has 0 spiro atoms. The minimum Gasteiger partial charge on any atom is -0.395 e. The lowest BCUT2D eigenvalue weighted by Crippen LogP contribution is -2.34. The molecule has 0 radical (unpaired) electrons. The SMILES string of the molecule is O=C1C=C(Nc2c(F)cc(Cl)c(F)c2Br)C(=O)N1CCO. The van der Waals surface area contributed by atoms with Crippen molar-refractivity contribution in [3.63, 3.8) is 0 Å². The summed E-state index contributed by atoms with van der Waals surface area (Å²) in [6, 6.07) is 0.747. The van der Waals surface area contributed by atoms with Gasteiger partial charge in [0.2, 0.25) is 0 Å². The fourth-order valence-corrected chi connectivity index (χ4v) is 2.53. The van der Waals surface area contributed by atoms with Gasteiger partial charge < -0.3 is 10.4 Å². The summed E-state index contributed by atoms with van der Waals surface area (Å²) in [6.45, 7) is -0.579. The number of amides is 2. The highest BCUT2D eigenvalue weighted by Crippen LogP contribution is 2.34. The molecule has 2 amide bonds. The average molecular weight is 382 g/mol. The van der Waals surface area contributed by atoms with Crippen molar-refractivity contribution in [1.82, 2.24) is 4.90 Å². The van der Waals surface area contributed by atoms with Crippen LogP contribution in [0.25, 0.3) is 0 Å². The molecule has 1 aromatic rings. The fourth-order valence-electron chi connectivity index (χ4n) is 1.73. The van der Waals surface area contributed by atoms with Crippen molar-refractivity contribution in [3.05, 3.63) is 39.0 Å². The lowest BCUT2D eigenvalue weighted by Gasteiger charge is -2.14. The Hall–Kier alpha value is -1.51. The summed E-state index contributed by atoms with van der Waals surface area (Å²) in [7, 11) is 0. The van der Waals surface area contributed by atoms with Crippen LogP contribution >= 0.6 is 27.5 Å². The van der Waals surface area contributed by atoms with Crippen LogP contribution in [0.5, 0.6) is 0 Å². The highest BCUT2D eigenvalue weighted by Gasteiger charge is 2.31. The fraction of sp³-hybridized carbons (Fsp3) is 0.167. The minimum absolute atomic E-state index is 0.183. The zero-order valence-electron chi connectivity index (χ0n) is 10.3. The first kappa shape index (κ1) is 15.9. The number of β-amino-alcohol motifs (C(OH)–C–C–N with tert-alkyl or cyclic N) is 1. The number of nitrogens with zero attached hydrogens (tertiary/aromatic N) is 1. The van der Waals surface area contributed by atoms with Crippen LogP contribution in [0.3, 0.4) is 0 Å². The minimum atomic E-state index is -0.898. The molecular weight excluding hydrogens is 373 g/mol. The molecular formula is C12H8BrClF2N2O3. The molecule has 21 heavy (non-hydrogen) atoms. The largest absolute Gasteiger partial charge is 0.395 e. The zero-order valence-corrected chi connectivity index (χ0v) is 12.6. The van der Waals surface area contributed by atoms with Crippen LogP contribution in [0.4, 0.5) is 14.5 Å². The van der Waals surface area contributed by atoms with Crippen molar-refractivity contribution < 1.29 is 23.5 Å². The molecule has 0 fully saturated rings. The van der Waals surface area contributed by atoms with Gasteiger partial charge in [-0.25, -0.2) is 8.78 Å². The lowest BCUT2D eigenvalue weighted by atomic mass is 10.2. The maximum Gasteiger partial charge on any atom is 0.277 e. The molecule has 0 saturated carbocycles. The van der Waals surface area contributed by atoms with Gasteiger partial charge in [0.25, 0.3) is 11.8 Å². The Morgan fingerprint density at radius 2 is 2.05 bits per heavy atom. The summed E-state index contributed by atoms with van der Waals surface area (Å²) in [4.78, 5) is 24.2. The standard InChI is InChI=1S/C12H8BrClF2N2O3/c13-9-10(16)5(14)3-6(15)11(9)17-7-4-8(20)18(1-2-19)12(7)21/h3-4,17,19H,1-2H2. The third-order valence-electron chi connectivity index (χ3n) is 2.71. The van der Waals surface area contributed by atoms with Crippen LogP contribution in [0.2, 0.25) is 5.02 Å². The third-order valence-corrected chi connectivity index (χ3v) is 3.73. The number of hydrogen-bond donors (Lipinski definition) is 2. The van der Waals surface area contributed by atoms with Gasteiger partial charge >= 0.3 is 0 Å². The Balaban J connectivity index is 2.32. The van der Waals surface area contributed by atoms with Gasteiger partial charge in [-0.05, 0) is 22.0 Å². The van der Waals surface area contributed by atoms with Crippen molar-refractivity contribution in [1.29, 1.82) is 0 Å². The van der Waals surface area contributed by atoms with Gasteiger partial charge in [0, 0.05) is 6.08 Å². The number of halogens is 4. The summed E-state index contributed by atoms with van der Waals surface area (Å²) in [5, 5.41) is 10.7. The molecule has 0 saturated heterocycles. The Labute approximate surface area is 131 Å². The van der Waals surface area contributed by atoms with E-state index >= 15 is 0 Å². The predicted octanol–water partition coefficient (Wildman–Crippen LogP) is 2.04. The van der Waals surface area contributed by atoms with Crippen LogP contribution < -0.4 is 5.32 Å². The molecule has 2 N–H and O–H groups in total. The van der Waals surface area contributed by atoms with Gasteiger partial charge in [0.15, 0.2) is 5.82 Å². The first-order valence-corrected chi connectivity index (χ1v) is 6.82. The first-order chi connectivity index (χ1) is 9.86. The Kier molecular flexibility index (Phi) is 4.60. The van der Waals surface area contributed by atoms with Crippen LogP contribution in [0, 0.1) is 11.6 Å². The average Bonchev–Trinajstić information content (AvgIpc) is 2.69. The Morgan fingerprint density at radius 1 is 1.38 bits per heavy atom. The molecule has 1 aromatic carbocycles. The monoisotopic (exact) mass is 380 g/mol. The summed E-state index contributed by atoms with van der Waals surface area (Å²) in [6.07, 6.45) is 0.941. The van der Waals surface area contributed by atoms with Crippen molar-refractivity contribution >= 4 is 45.0 Å². The molecule has 0 unspecified atom stereocenters. The molecule has 0 bridgehead atoms. The van der Waals surface area contributed by atoms with E-state index in [0.29, 0.717) is 0 Å². The smallest absolute Gasteiger partial charge is 0.277 e. The second-order valence-electron chi connectivity index (χ2n) is 4.04. The number of imide groups is 1. The normalized spacial score (nSPS) is 14.7. The highest BCUT2D eigenvalue weighted by atomic mass is 79.9.